The van der Waals surface area contributed by atoms with Crippen LogP contribution in [0.3, 0.4) is 0 Å². The number of benzene rings is 9. The van der Waals surface area contributed by atoms with E-state index in [9.17, 15) is 0 Å². The van der Waals surface area contributed by atoms with Gasteiger partial charge in [0.15, 0.2) is 5.82 Å². The molecule has 3 heterocycles. The Morgan fingerprint density at radius 3 is 1.54 bits per heavy atom. The summed E-state index contributed by atoms with van der Waals surface area (Å²) in [5, 5.41) is 7.80. The first-order valence-corrected chi connectivity index (χ1v) is 23.2. The van der Waals surface area contributed by atoms with Crippen molar-refractivity contribution < 1.29 is 0 Å². The topological polar surface area (TPSA) is 43.1 Å². The molecule has 12 aromatic rings. The highest BCUT2D eigenvalue weighted by Crippen LogP contribution is 2.56. The summed E-state index contributed by atoms with van der Waals surface area (Å²) in [6.45, 7) is 0. The third kappa shape index (κ3) is 6.34. The Hall–Kier alpha value is -8.99. The number of rotatable bonds is 8. The summed E-state index contributed by atoms with van der Waals surface area (Å²) in [6.07, 6.45) is 0. The van der Waals surface area contributed by atoms with Gasteiger partial charge in [0.25, 0.3) is 0 Å². The summed E-state index contributed by atoms with van der Waals surface area (Å²) in [4.78, 5) is 10.7. The molecule has 0 fully saturated rings. The maximum atomic E-state index is 5.48. The van der Waals surface area contributed by atoms with Crippen LogP contribution in [-0.4, -0.2) is 19.6 Å². The highest BCUT2D eigenvalue weighted by Gasteiger charge is 2.46. The Bertz CT molecular complexity index is 3770. The van der Waals surface area contributed by atoms with Crippen LogP contribution in [0.2, 0.25) is 0 Å². The minimum Gasteiger partial charge on any atom is -0.231 e. The SMILES string of the molecule is c1ccc(-c2cc(-c3ccc4c(c3)C(c3ccccc3)(c3ccccc3)c3ccccc3-4)nc(-c3ccc(-c4nn5c(-c6ccccc6)cc6ccccc6c5c4-c4ccccc4)cc3)n2)cc1. The molecule has 3 aromatic heterocycles. The minimum atomic E-state index is -0.525. The Kier molecular flexibility index (Phi) is 9.36. The minimum absolute atomic E-state index is 0.525. The Balaban J connectivity index is 0.983. The van der Waals surface area contributed by atoms with E-state index >= 15 is 0 Å². The molecular weight excluding hydrogens is 825 g/mol. The van der Waals surface area contributed by atoms with Crippen molar-refractivity contribution in [2.24, 2.45) is 0 Å². The maximum Gasteiger partial charge on any atom is 0.160 e. The van der Waals surface area contributed by atoms with E-state index in [1.807, 2.05) is 6.07 Å². The highest BCUT2D eigenvalue weighted by atomic mass is 15.2. The molecule has 68 heavy (non-hydrogen) atoms. The molecule has 4 nitrogen and oxygen atoms in total. The van der Waals surface area contributed by atoms with Crippen molar-refractivity contribution in [1.82, 2.24) is 19.6 Å². The third-order valence-electron chi connectivity index (χ3n) is 13.7. The van der Waals surface area contributed by atoms with Gasteiger partial charge >= 0.3 is 0 Å². The van der Waals surface area contributed by atoms with Crippen LogP contribution in [0.1, 0.15) is 22.3 Å². The zero-order valence-corrected chi connectivity index (χ0v) is 37.0. The zero-order chi connectivity index (χ0) is 45.0. The third-order valence-corrected chi connectivity index (χ3v) is 13.7. The molecule has 0 atom stereocenters. The van der Waals surface area contributed by atoms with Crippen molar-refractivity contribution >= 4 is 16.3 Å². The fourth-order valence-corrected chi connectivity index (χ4v) is 10.6. The van der Waals surface area contributed by atoms with Gasteiger partial charge in [-0.05, 0) is 62.5 Å². The lowest BCUT2D eigenvalue weighted by molar-refractivity contribution is 0.768. The summed E-state index contributed by atoms with van der Waals surface area (Å²) < 4.78 is 2.14. The normalized spacial score (nSPS) is 12.5. The van der Waals surface area contributed by atoms with Crippen molar-refractivity contribution in [1.29, 1.82) is 0 Å². The predicted molar refractivity (Wildman–Crippen MR) is 278 cm³/mol. The summed E-state index contributed by atoms with van der Waals surface area (Å²) in [7, 11) is 0. The molecule has 0 radical (unpaired) electrons. The molecule has 0 saturated heterocycles. The van der Waals surface area contributed by atoms with Crippen LogP contribution in [0.15, 0.2) is 255 Å². The van der Waals surface area contributed by atoms with E-state index in [1.54, 1.807) is 0 Å². The maximum absolute atomic E-state index is 5.48. The Morgan fingerprint density at radius 1 is 0.353 bits per heavy atom. The summed E-state index contributed by atoms with van der Waals surface area (Å²) in [5.41, 5.74) is 19.0. The van der Waals surface area contributed by atoms with Crippen LogP contribution in [0.5, 0.6) is 0 Å². The van der Waals surface area contributed by atoms with Crippen molar-refractivity contribution in [2.75, 3.05) is 0 Å². The van der Waals surface area contributed by atoms with E-state index in [2.05, 4.69) is 253 Å². The predicted octanol–water partition coefficient (Wildman–Crippen LogP) is 15.6. The van der Waals surface area contributed by atoms with Crippen LogP contribution in [-0.2, 0) is 5.41 Å². The largest absolute Gasteiger partial charge is 0.231 e. The molecule has 0 aliphatic heterocycles. The standard InChI is InChI=1S/C64H42N4/c1-6-20-43(21-7-1)57-42-58(49-38-39-54-53-32-18-19-33-55(53)64(56(54)40-49,50-27-12-4-13-28-50)51-29-14-5-15-30-51)66-63(65-57)47-36-34-46(35-37-47)61-60(45-24-10-3-11-25-45)62-52-31-17-16-26-48(52)41-59(68(62)67-61)44-22-8-2-9-23-44/h1-42H. The molecule has 0 N–H and O–H groups in total. The van der Waals surface area contributed by atoms with Gasteiger partial charge in [-0.3, -0.25) is 0 Å². The van der Waals surface area contributed by atoms with Crippen LogP contribution in [0.25, 0.3) is 95.0 Å². The first-order chi connectivity index (χ1) is 33.7. The van der Waals surface area contributed by atoms with E-state index in [1.165, 1.54) is 38.8 Å². The van der Waals surface area contributed by atoms with Gasteiger partial charge in [-0.15, -0.1) is 0 Å². The fraction of sp³-hybridized carbons (Fsp3) is 0.0156. The number of fused-ring (bicyclic) bond motifs is 6. The van der Waals surface area contributed by atoms with Crippen LogP contribution >= 0.6 is 0 Å². The van der Waals surface area contributed by atoms with Crippen molar-refractivity contribution in [3.63, 3.8) is 0 Å². The number of hydrogen-bond donors (Lipinski definition) is 0. The number of hydrogen-bond acceptors (Lipinski definition) is 3. The van der Waals surface area contributed by atoms with Crippen molar-refractivity contribution in [2.45, 2.75) is 5.41 Å². The molecule has 13 rings (SSSR count). The summed E-state index contributed by atoms with van der Waals surface area (Å²) in [6, 6.07) is 90.9. The lowest BCUT2D eigenvalue weighted by atomic mass is 9.67. The first kappa shape index (κ1) is 39.4. The van der Waals surface area contributed by atoms with Crippen LogP contribution in [0.4, 0.5) is 0 Å². The average Bonchev–Trinajstić information content (AvgIpc) is 3.97. The molecule has 0 unspecified atom stereocenters. The van der Waals surface area contributed by atoms with Gasteiger partial charge in [0.05, 0.1) is 28.0 Å². The number of nitrogens with zero attached hydrogens (tertiary/aromatic N) is 4. The zero-order valence-electron chi connectivity index (χ0n) is 37.0. The van der Waals surface area contributed by atoms with Gasteiger partial charge in [0.2, 0.25) is 0 Å². The Morgan fingerprint density at radius 2 is 0.868 bits per heavy atom. The number of pyridine rings is 1. The van der Waals surface area contributed by atoms with E-state index < -0.39 is 5.41 Å². The first-order valence-electron chi connectivity index (χ1n) is 23.2. The van der Waals surface area contributed by atoms with Gasteiger partial charge in [-0.1, -0.05) is 237 Å². The molecule has 1 aliphatic carbocycles. The second kappa shape index (κ2) is 16.2. The fourth-order valence-electron chi connectivity index (χ4n) is 10.6. The van der Waals surface area contributed by atoms with E-state index in [4.69, 9.17) is 15.1 Å². The lowest BCUT2D eigenvalue weighted by Crippen LogP contribution is -2.28. The highest BCUT2D eigenvalue weighted by molar-refractivity contribution is 6.08. The van der Waals surface area contributed by atoms with Crippen molar-refractivity contribution in [3.8, 4) is 78.7 Å². The Labute approximate surface area is 395 Å². The molecule has 4 heteroatoms. The summed E-state index contributed by atoms with van der Waals surface area (Å²) in [5.74, 6) is 0.657. The van der Waals surface area contributed by atoms with Gasteiger partial charge in [0, 0.05) is 38.8 Å². The van der Waals surface area contributed by atoms with E-state index in [0.717, 1.165) is 72.6 Å². The second-order valence-electron chi connectivity index (χ2n) is 17.5. The van der Waals surface area contributed by atoms with Gasteiger partial charge in [-0.25, -0.2) is 14.5 Å². The van der Waals surface area contributed by atoms with Crippen LogP contribution in [0, 0.1) is 0 Å². The van der Waals surface area contributed by atoms with E-state index in [-0.39, 0.29) is 0 Å². The number of aromatic nitrogens is 4. The van der Waals surface area contributed by atoms with Crippen molar-refractivity contribution in [3.05, 3.63) is 277 Å². The average molecular weight is 867 g/mol. The quantitative estimate of drug-likeness (QED) is 0.153. The smallest absolute Gasteiger partial charge is 0.160 e. The summed E-state index contributed by atoms with van der Waals surface area (Å²) >= 11 is 0. The molecule has 0 amide bonds. The molecule has 0 bridgehead atoms. The van der Waals surface area contributed by atoms with Crippen LogP contribution < -0.4 is 0 Å². The second-order valence-corrected chi connectivity index (χ2v) is 17.5. The molecule has 1 aliphatic rings. The van der Waals surface area contributed by atoms with E-state index in [0.29, 0.717) is 5.82 Å². The molecule has 0 spiro atoms. The molecule has 9 aromatic carbocycles. The van der Waals surface area contributed by atoms with Gasteiger partial charge in [-0.2, -0.15) is 5.10 Å². The van der Waals surface area contributed by atoms with Gasteiger partial charge < -0.3 is 0 Å². The molecule has 318 valence electrons. The lowest BCUT2D eigenvalue weighted by Gasteiger charge is -2.34. The van der Waals surface area contributed by atoms with Gasteiger partial charge in [0.1, 0.15) is 5.69 Å². The monoisotopic (exact) mass is 866 g/mol. The molecule has 0 saturated carbocycles. The molecular formula is C64H42N4.